The Morgan fingerprint density at radius 1 is 1.31 bits per heavy atom. The number of ether oxygens (including phenoxy) is 2. The molecule has 13 heteroatoms. The molecule has 1 aromatic heterocycles. The predicted molar refractivity (Wildman–Crippen MR) is 98.1 cm³/mol. The number of carbonyl (C=O) groups excluding carboxylic acids is 1. The van der Waals surface area contributed by atoms with E-state index in [1.165, 1.54) is 6.92 Å². The van der Waals surface area contributed by atoms with Gasteiger partial charge < -0.3 is 19.7 Å². The lowest BCUT2D eigenvalue weighted by Crippen LogP contribution is -2.49. The average Bonchev–Trinajstić information content (AvgIpc) is 2.84. The van der Waals surface area contributed by atoms with E-state index >= 15 is 0 Å². The molecule has 1 saturated heterocycles. The Balaban J connectivity index is 2.62. The van der Waals surface area contributed by atoms with Crippen LogP contribution in [0.3, 0.4) is 0 Å². The van der Waals surface area contributed by atoms with E-state index in [9.17, 15) is 33.0 Å². The van der Waals surface area contributed by atoms with Crippen LogP contribution in [0.1, 0.15) is 32.6 Å². The highest BCUT2D eigenvalue weighted by Crippen LogP contribution is 2.31. The Labute approximate surface area is 166 Å². The van der Waals surface area contributed by atoms with Crippen molar-refractivity contribution in [2.45, 2.75) is 57.8 Å². The van der Waals surface area contributed by atoms with Gasteiger partial charge in [-0.25, -0.2) is 9.59 Å². The Morgan fingerprint density at radius 3 is 2.38 bits per heavy atom. The van der Waals surface area contributed by atoms with Crippen molar-refractivity contribution in [3.05, 3.63) is 32.6 Å². The number of aryl methyl sites for hydroxylation is 1. The number of hydrogen-bond acceptors (Lipinski definition) is 10. The van der Waals surface area contributed by atoms with Crippen molar-refractivity contribution in [3.8, 4) is 0 Å². The van der Waals surface area contributed by atoms with E-state index in [0.29, 0.717) is 0 Å². The molecule has 1 aliphatic rings. The number of aliphatic hydroxyl groups excluding tert-OH is 2. The highest BCUT2D eigenvalue weighted by molar-refractivity contribution is 7.86. The van der Waals surface area contributed by atoms with Crippen LogP contribution in [0.4, 0.5) is 4.79 Å². The fraction of sp³-hybridized carbons (Fsp3) is 0.688. The van der Waals surface area contributed by atoms with E-state index in [0.717, 1.165) is 17.0 Å². The topological polar surface area (TPSA) is 163 Å². The van der Waals surface area contributed by atoms with Gasteiger partial charge in [-0.3, -0.25) is 13.5 Å². The van der Waals surface area contributed by atoms with Gasteiger partial charge >= 0.3 is 11.8 Å². The molecular formula is C16H24N2O10S. The third-order valence-corrected chi connectivity index (χ3v) is 4.49. The van der Waals surface area contributed by atoms with Crippen molar-refractivity contribution < 1.29 is 37.1 Å². The van der Waals surface area contributed by atoms with Crippen LogP contribution in [0.15, 0.2) is 15.8 Å². The summed E-state index contributed by atoms with van der Waals surface area (Å²) in [6.07, 6.45) is -5.47. The number of hydrogen-bond donors (Lipinski definition) is 2. The molecule has 0 spiro atoms. The van der Waals surface area contributed by atoms with Gasteiger partial charge in [-0.2, -0.15) is 13.0 Å². The van der Waals surface area contributed by atoms with Crippen LogP contribution in [0, 0.1) is 6.92 Å². The van der Waals surface area contributed by atoms with E-state index in [1.54, 1.807) is 20.8 Å². The van der Waals surface area contributed by atoms with Crippen molar-refractivity contribution in [3.63, 3.8) is 0 Å². The molecule has 0 saturated carbocycles. The summed E-state index contributed by atoms with van der Waals surface area (Å²) in [5.74, 6) is 0. The van der Waals surface area contributed by atoms with E-state index in [-0.39, 0.29) is 10.1 Å². The highest BCUT2D eigenvalue weighted by atomic mass is 32.2. The monoisotopic (exact) mass is 436 g/mol. The van der Waals surface area contributed by atoms with Crippen molar-refractivity contribution in [1.29, 1.82) is 0 Å². The minimum atomic E-state index is -4.09. The normalized spacial score (nSPS) is 25.2. The summed E-state index contributed by atoms with van der Waals surface area (Å²) in [5, 5.41) is 19.6. The van der Waals surface area contributed by atoms with Crippen LogP contribution in [0.2, 0.25) is 0 Å². The lowest BCUT2D eigenvalue weighted by molar-refractivity contribution is -0.0525. The van der Waals surface area contributed by atoms with Crippen molar-refractivity contribution in [2.75, 3.05) is 12.9 Å². The minimum absolute atomic E-state index is 0.0564. The fourth-order valence-electron chi connectivity index (χ4n) is 2.75. The molecule has 29 heavy (non-hydrogen) atoms. The SMILES string of the molecule is Cc1cn([C@@H]2O[C@H](CO)[C@@H](O)[C@H]2OS(C)(=O)=O)c(=O)n(C(=O)OC(C)(C)C)c1=O. The largest absolute Gasteiger partial charge is 0.443 e. The molecule has 0 aromatic carbocycles. The van der Waals surface area contributed by atoms with Crippen LogP contribution in [-0.4, -0.2) is 70.6 Å². The molecule has 0 aliphatic carbocycles. The molecule has 0 amide bonds. The molecule has 2 rings (SSSR count). The molecule has 12 nitrogen and oxygen atoms in total. The molecule has 4 atom stereocenters. The molecule has 0 radical (unpaired) electrons. The predicted octanol–water partition coefficient (Wildman–Crippen LogP) is -1.30. The van der Waals surface area contributed by atoms with Gasteiger partial charge in [0.1, 0.15) is 17.8 Å². The second-order valence-electron chi connectivity index (χ2n) is 7.63. The maximum Gasteiger partial charge on any atom is 0.425 e. The zero-order valence-corrected chi connectivity index (χ0v) is 17.4. The van der Waals surface area contributed by atoms with Gasteiger partial charge in [0.25, 0.3) is 15.7 Å². The van der Waals surface area contributed by atoms with Crippen molar-refractivity contribution in [1.82, 2.24) is 9.13 Å². The van der Waals surface area contributed by atoms with E-state index in [4.69, 9.17) is 13.7 Å². The van der Waals surface area contributed by atoms with Crippen LogP contribution in [0.5, 0.6) is 0 Å². The quantitative estimate of drug-likeness (QED) is 0.542. The first-order valence-electron chi connectivity index (χ1n) is 8.57. The van der Waals surface area contributed by atoms with Gasteiger partial charge in [0.2, 0.25) is 0 Å². The van der Waals surface area contributed by atoms with Crippen molar-refractivity contribution >= 4 is 16.2 Å². The summed E-state index contributed by atoms with van der Waals surface area (Å²) >= 11 is 0. The molecule has 1 aliphatic heterocycles. The summed E-state index contributed by atoms with van der Waals surface area (Å²) in [5.41, 5.74) is -3.17. The molecule has 1 fully saturated rings. The summed E-state index contributed by atoms with van der Waals surface area (Å²) < 4.78 is 39.4. The Morgan fingerprint density at radius 2 is 1.90 bits per heavy atom. The molecule has 2 N–H and O–H groups in total. The summed E-state index contributed by atoms with van der Waals surface area (Å²) in [4.78, 5) is 37.6. The van der Waals surface area contributed by atoms with Crippen LogP contribution in [-0.2, 0) is 23.8 Å². The van der Waals surface area contributed by atoms with Gasteiger partial charge in [-0.05, 0) is 27.7 Å². The van der Waals surface area contributed by atoms with Crippen molar-refractivity contribution in [2.24, 2.45) is 0 Å². The lowest BCUT2D eigenvalue weighted by atomic mass is 10.1. The fourth-order valence-corrected chi connectivity index (χ4v) is 3.36. The highest BCUT2D eigenvalue weighted by Gasteiger charge is 2.48. The number of aromatic nitrogens is 2. The number of aliphatic hydroxyl groups is 2. The second kappa shape index (κ2) is 7.99. The lowest BCUT2D eigenvalue weighted by Gasteiger charge is -2.23. The maximum atomic E-state index is 12.9. The van der Waals surface area contributed by atoms with E-state index < -0.39 is 64.2 Å². The van der Waals surface area contributed by atoms with Gasteiger partial charge in [0, 0.05) is 11.8 Å². The number of nitrogens with zero attached hydrogens (tertiary/aromatic N) is 2. The first-order chi connectivity index (χ1) is 13.2. The van der Waals surface area contributed by atoms with Gasteiger partial charge in [-0.15, -0.1) is 0 Å². The Bertz CT molecular complexity index is 1000. The molecule has 0 bridgehead atoms. The zero-order valence-electron chi connectivity index (χ0n) is 16.6. The second-order valence-corrected chi connectivity index (χ2v) is 9.23. The molecule has 0 unspecified atom stereocenters. The Hall–Kier alpha value is -2.06. The number of carbonyl (C=O) groups is 1. The standard InChI is InChI=1S/C16H24N2O10S/c1-8-6-17(14(22)18(12(8)21)15(23)27-16(2,3)4)13-11(28-29(5,24)25)10(20)9(7-19)26-13/h6,9-11,13,19-20H,7H2,1-5H3/t9-,10-,11-,13-/m1/s1. The van der Waals surface area contributed by atoms with Crippen LogP contribution >= 0.6 is 0 Å². The summed E-state index contributed by atoms with van der Waals surface area (Å²) in [6.45, 7) is 5.26. The molecular weight excluding hydrogens is 412 g/mol. The molecule has 2 heterocycles. The minimum Gasteiger partial charge on any atom is -0.443 e. The summed E-state index contributed by atoms with van der Waals surface area (Å²) in [7, 11) is -4.09. The average molecular weight is 436 g/mol. The van der Waals surface area contributed by atoms with Crippen LogP contribution < -0.4 is 11.2 Å². The first kappa shape index (κ1) is 23.2. The van der Waals surface area contributed by atoms with Gasteiger partial charge in [0.15, 0.2) is 12.3 Å². The third-order valence-electron chi connectivity index (χ3n) is 3.91. The molecule has 1 aromatic rings. The Kier molecular flexibility index (Phi) is 6.40. The van der Waals surface area contributed by atoms with Crippen LogP contribution in [0.25, 0.3) is 0 Å². The number of rotatable bonds is 4. The molecule has 164 valence electrons. The first-order valence-corrected chi connectivity index (χ1v) is 10.4. The third kappa shape index (κ3) is 5.11. The smallest absolute Gasteiger partial charge is 0.425 e. The maximum absolute atomic E-state index is 12.9. The zero-order chi connectivity index (χ0) is 22.3. The van der Waals surface area contributed by atoms with Gasteiger partial charge in [-0.1, -0.05) is 0 Å². The van der Waals surface area contributed by atoms with Gasteiger partial charge in [0.05, 0.1) is 12.9 Å². The van der Waals surface area contributed by atoms with E-state index in [1.807, 2.05) is 0 Å². The van der Waals surface area contributed by atoms with E-state index in [2.05, 4.69) is 0 Å². The summed E-state index contributed by atoms with van der Waals surface area (Å²) in [6, 6.07) is 0.